The van der Waals surface area contributed by atoms with Gasteiger partial charge in [-0.25, -0.2) is 4.98 Å². The van der Waals surface area contributed by atoms with E-state index in [9.17, 15) is 18.0 Å². The minimum absolute atomic E-state index is 0.0410. The van der Waals surface area contributed by atoms with Crippen LogP contribution in [0.3, 0.4) is 0 Å². The molecule has 0 aliphatic carbocycles. The van der Waals surface area contributed by atoms with Crippen molar-refractivity contribution in [1.82, 2.24) is 4.98 Å². The largest absolute Gasteiger partial charge is 0.417 e. The Morgan fingerprint density at radius 3 is 2.43 bits per heavy atom. The van der Waals surface area contributed by atoms with Crippen molar-refractivity contribution in [2.45, 2.75) is 11.2 Å². The van der Waals surface area contributed by atoms with Gasteiger partial charge in [0, 0.05) is 16.9 Å². The Hall–Kier alpha value is -1.44. The number of nitrogens with zero attached hydrogens (tertiary/aromatic N) is 1. The minimum atomic E-state index is -4.51. The third-order valence-electron chi connectivity index (χ3n) is 2.60. The number of aromatic nitrogens is 1. The van der Waals surface area contributed by atoms with E-state index in [4.69, 9.17) is 23.2 Å². The Bertz CT molecular complexity index is 708. The monoisotopic (exact) mass is 380 g/mol. The first kappa shape index (κ1) is 17.9. The van der Waals surface area contributed by atoms with Gasteiger partial charge in [0.1, 0.15) is 5.03 Å². The van der Waals surface area contributed by atoms with Crippen molar-refractivity contribution in [2.75, 3.05) is 11.1 Å². The minimum Gasteiger partial charge on any atom is -0.325 e. The molecule has 0 bridgehead atoms. The van der Waals surface area contributed by atoms with Crippen LogP contribution in [0.2, 0.25) is 10.0 Å². The maximum absolute atomic E-state index is 12.5. The molecule has 3 nitrogen and oxygen atoms in total. The molecule has 0 spiro atoms. The van der Waals surface area contributed by atoms with E-state index in [-0.39, 0.29) is 21.7 Å². The molecule has 1 amide bonds. The van der Waals surface area contributed by atoms with Gasteiger partial charge in [0.15, 0.2) is 0 Å². The highest BCUT2D eigenvalue weighted by atomic mass is 35.5. The normalized spacial score (nSPS) is 11.3. The number of carbonyl (C=O) groups excluding carboxylic acids is 1. The lowest BCUT2D eigenvalue weighted by molar-refractivity contribution is -0.137. The topological polar surface area (TPSA) is 42.0 Å². The second-order valence-electron chi connectivity index (χ2n) is 4.35. The fourth-order valence-electron chi connectivity index (χ4n) is 1.55. The molecule has 1 aromatic carbocycles. The van der Waals surface area contributed by atoms with Crippen molar-refractivity contribution in [1.29, 1.82) is 0 Å². The summed E-state index contributed by atoms with van der Waals surface area (Å²) in [4.78, 5) is 15.4. The number of halogens is 5. The lowest BCUT2D eigenvalue weighted by atomic mass is 10.3. The van der Waals surface area contributed by atoms with Gasteiger partial charge in [-0.1, -0.05) is 35.0 Å². The number of pyridine rings is 1. The van der Waals surface area contributed by atoms with Crippen LogP contribution in [-0.2, 0) is 11.0 Å². The van der Waals surface area contributed by atoms with E-state index in [0.29, 0.717) is 16.9 Å². The summed E-state index contributed by atoms with van der Waals surface area (Å²) in [6, 6.07) is 7.30. The molecule has 0 aliphatic rings. The van der Waals surface area contributed by atoms with Crippen LogP contribution < -0.4 is 5.32 Å². The van der Waals surface area contributed by atoms with Gasteiger partial charge in [-0.15, -0.1) is 0 Å². The summed E-state index contributed by atoms with van der Waals surface area (Å²) in [5.74, 6) is -0.379. The highest BCUT2D eigenvalue weighted by Crippen LogP contribution is 2.33. The van der Waals surface area contributed by atoms with Gasteiger partial charge in [0.25, 0.3) is 0 Å². The molecule has 1 heterocycles. The first-order valence-electron chi connectivity index (χ1n) is 6.16. The number of carbonyl (C=O) groups is 1. The number of rotatable bonds is 4. The molecule has 0 unspecified atom stereocenters. The summed E-state index contributed by atoms with van der Waals surface area (Å²) in [6.07, 6.45) is -3.82. The quantitative estimate of drug-likeness (QED) is 0.746. The zero-order valence-corrected chi connectivity index (χ0v) is 13.7. The van der Waals surface area contributed by atoms with Gasteiger partial charge in [0.05, 0.1) is 16.3 Å². The van der Waals surface area contributed by atoms with Gasteiger partial charge in [-0.05, 0) is 30.3 Å². The van der Waals surface area contributed by atoms with Gasteiger partial charge in [0.2, 0.25) is 5.91 Å². The first-order valence-corrected chi connectivity index (χ1v) is 7.91. The summed E-state index contributed by atoms with van der Waals surface area (Å²) >= 11 is 12.4. The van der Waals surface area contributed by atoms with E-state index in [1.54, 1.807) is 24.3 Å². The summed E-state index contributed by atoms with van der Waals surface area (Å²) in [5.41, 5.74) is -0.371. The van der Waals surface area contributed by atoms with Gasteiger partial charge in [-0.3, -0.25) is 4.79 Å². The van der Waals surface area contributed by atoms with E-state index in [2.05, 4.69) is 10.3 Å². The van der Waals surface area contributed by atoms with Crippen molar-refractivity contribution in [2.24, 2.45) is 0 Å². The van der Waals surface area contributed by atoms with E-state index >= 15 is 0 Å². The third kappa shape index (κ3) is 5.30. The standard InChI is InChI=1S/C14H9Cl2F3N2OS/c15-9-1-3-10(4-2-9)21-12(22)7-23-13-11(16)5-8(6-20-13)14(17,18)19/h1-6H,7H2,(H,21,22). The first-order chi connectivity index (χ1) is 10.8. The van der Waals surface area contributed by atoms with E-state index in [1.807, 2.05) is 0 Å². The van der Waals surface area contributed by atoms with Crippen LogP contribution in [0, 0.1) is 0 Å². The summed E-state index contributed by atoms with van der Waals surface area (Å²) < 4.78 is 37.5. The number of nitrogens with one attached hydrogen (secondary N) is 1. The molecule has 0 saturated heterocycles. The SMILES string of the molecule is O=C(CSc1ncc(C(F)(F)F)cc1Cl)Nc1ccc(Cl)cc1. The van der Waals surface area contributed by atoms with Crippen LogP contribution in [0.5, 0.6) is 0 Å². The van der Waals surface area contributed by atoms with Crippen molar-refractivity contribution in [3.05, 3.63) is 52.1 Å². The Morgan fingerprint density at radius 2 is 1.87 bits per heavy atom. The van der Waals surface area contributed by atoms with Crippen molar-refractivity contribution in [3.8, 4) is 0 Å². The summed E-state index contributed by atoms with van der Waals surface area (Å²) in [7, 11) is 0. The van der Waals surface area contributed by atoms with E-state index in [1.165, 1.54) is 0 Å². The summed E-state index contributed by atoms with van der Waals surface area (Å²) in [5, 5.41) is 3.17. The smallest absolute Gasteiger partial charge is 0.325 e. The molecular weight excluding hydrogens is 372 g/mol. The lowest BCUT2D eigenvalue weighted by Gasteiger charge is -2.09. The second kappa shape index (κ2) is 7.42. The van der Waals surface area contributed by atoms with E-state index in [0.717, 1.165) is 17.8 Å². The van der Waals surface area contributed by atoms with Crippen LogP contribution in [0.4, 0.5) is 18.9 Å². The van der Waals surface area contributed by atoms with Crippen LogP contribution in [0.25, 0.3) is 0 Å². The fraction of sp³-hybridized carbons (Fsp3) is 0.143. The zero-order chi connectivity index (χ0) is 17.0. The second-order valence-corrected chi connectivity index (χ2v) is 6.16. The molecule has 2 aromatic rings. The molecule has 1 N–H and O–H groups in total. The lowest BCUT2D eigenvalue weighted by Crippen LogP contribution is -2.14. The molecular formula is C14H9Cl2F3N2OS. The molecule has 0 fully saturated rings. The molecule has 0 aliphatic heterocycles. The molecule has 0 saturated carbocycles. The highest BCUT2D eigenvalue weighted by Gasteiger charge is 2.31. The van der Waals surface area contributed by atoms with Gasteiger partial charge >= 0.3 is 6.18 Å². The van der Waals surface area contributed by atoms with Crippen molar-refractivity contribution >= 4 is 46.6 Å². The molecule has 0 atom stereocenters. The van der Waals surface area contributed by atoms with Gasteiger partial charge in [-0.2, -0.15) is 13.2 Å². The molecule has 122 valence electrons. The number of hydrogen-bond donors (Lipinski definition) is 1. The third-order valence-corrected chi connectivity index (χ3v) is 4.26. The predicted molar refractivity (Wildman–Crippen MR) is 85.1 cm³/mol. The number of amides is 1. The molecule has 1 aromatic heterocycles. The van der Waals surface area contributed by atoms with E-state index < -0.39 is 11.7 Å². The average Bonchev–Trinajstić information content (AvgIpc) is 2.47. The Balaban J connectivity index is 1.95. The average molecular weight is 381 g/mol. The van der Waals surface area contributed by atoms with Crippen molar-refractivity contribution in [3.63, 3.8) is 0 Å². The van der Waals surface area contributed by atoms with Crippen LogP contribution in [0.15, 0.2) is 41.6 Å². The maximum atomic E-state index is 12.5. The van der Waals surface area contributed by atoms with Crippen molar-refractivity contribution < 1.29 is 18.0 Å². The molecule has 2 rings (SSSR count). The highest BCUT2D eigenvalue weighted by molar-refractivity contribution is 8.00. The number of alkyl halides is 3. The van der Waals surface area contributed by atoms with Crippen LogP contribution in [0.1, 0.15) is 5.56 Å². The van der Waals surface area contributed by atoms with Crippen LogP contribution in [-0.4, -0.2) is 16.6 Å². The molecule has 9 heteroatoms. The number of thioether (sulfide) groups is 1. The fourth-order valence-corrected chi connectivity index (χ4v) is 2.67. The Labute approximate surface area is 144 Å². The molecule has 23 heavy (non-hydrogen) atoms. The van der Waals surface area contributed by atoms with Crippen LogP contribution >= 0.6 is 35.0 Å². The number of benzene rings is 1. The Morgan fingerprint density at radius 1 is 1.22 bits per heavy atom. The number of anilines is 1. The zero-order valence-electron chi connectivity index (χ0n) is 11.3. The summed E-state index contributed by atoms with van der Waals surface area (Å²) in [6.45, 7) is 0. The predicted octanol–water partition coefficient (Wildman–Crippen LogP) is 5.14. The maximum Gasteiger partial charge on any atom is 0.417 e. The molecule has 0 radical (unpaired) electrons. The Kier molecular flexibility index (Phi) is 5.78. The number of hydrogen-bond acceptors (Lipinski definition) is 3. The van der Waals surface area contributed by atoms with Gasteiger partial charge < -0.3 is 5.32 Å².